The number of hydrogen-bond acceptors (Lipinski definition) is 1. The number of carbonyl (C=O) groups is 1. The van der Waals surface area contributed by atoms with Crippen LogP contribution in [-0.2, 0) is 4.79 Å². The monoisotopic (exact) mass is 203 g/mol. The Kier molecular flexibility index (Phi) is 7.80. The number of alkyl halides is 1. The van der Waals surface area contributed by atoms with Crippen molar-refractivity contribution in [1.82, 2.24) is 5.32 Å². The SMILES string of the molecule is C=CCC(C)NC(=O)CCCCCl. The van der Waals surface area contributed by atoms with E-state index in [9.17, 15) is 4.79 Å². The summed E-state index contributed by atoms with van der Waals surface area (Å²) >= 11 is 5.50. The van der Waals surface area contributed by atoms with Crippen LogP contribution in [0, 0.1) is 0 Å². The molecule has 1 unspecified atom stereocenters. The van der Waals surface area contributed by atoms with Crippen LogP contribution >= 0.6 is 11.6 Å². The van der Waals surface area contributed by atoms with Crippen molar-refractivity contribution in [3.8, 4) is 0 Å². The van der Waals surface area contributed by atoms with Gasteiger partial charge in [0.2, 0.25) is 5.91 Å². The summed E-state index contributed by atoms with van der Waals surface area (Å²) in [6.07, 6.45) is 4.99. The molecule has 0 fully saturated rings. The molecule has 0 aromatic heterocycles. The normalized spacial score (nSPS) is 12.2. The van der Waals surface area contributed by atoms with Crippen LogP contribution in [0.15, 0.2) is 12.7 Å². The van der Waals surface area contributed by atoms with Crippen LogP contribution in [0.3, 0.4) is 0 Å². The molecule has 0 heterocycles. The van der Waals surface area contributed by atoms with Crippen LogP contribution in [0.4, 0.5) is 0 Å². The maximum Gasteiger partial charge on any atom is 0.220 e. The molecule has 0 aliphatic carbocycles. The second kappa shape index (κ2) is 8.11. The summed E-state index contributed by atoms with van der Waals surface area (Å²) in [5.41, 5.74) is 0. The Bertz CT molecular complexity index is 159. The molecule has 1 amide bonds. The van der Waals surface area contributed by atoms with Gasteiger partial charge in [0.1, 0.15) is 0 Å². The lowest BCUT2D eigenvalue weighted by molar-refractivity contribution is -0.121. The van der Waals surface area contributed by atoms with Crippen molar-refractivity contribution in [3.05, 3.63) is 12.7 Å². The van der Waals surface area contributed by atoms with Crippen molar-refractivity contribution >= 4 is 17.5 Å². The first-order valence-corrected chi connectivity index (χ1v) is 5.20. The fourth-order valence-corrected chi connectivity index (χ4v) is 1.22. The van der Waals surface area contributed by atoms with E-state index in [1.165, 1.54) is 0 Å². The molecule has 1 atom stereocenters. The molecule has 0 radical (unpaired) electrons. The molecule has 0 bridgehead atoms. The van der Waals surface area contributed by atoms with E-state index in [0.717, 1.165) is 19.3 Å². The third-order valence-electron chi connectivity index (χ3n) is 1.72. The fourth-order valence-electron chi connectivity index (χ4n) is 1.04. The van der Waals surface area contributed by atoms with E-state index < -0.39 is 0 Å². The largest absolute Gasteiger partial charge is 0.353 e. The smallest absolute Gasteiger partial charge is 0.220 e. The highest BCUT2D eigenvalue weighted by atomic mass is 35.5. The van der Waals surface area contributed by atoms with Crippen LogP contribution in [0.1, 0.15) is 32.6 Å². The maximum atomic E-state index is 11.2. The average molecular weight is 204 g/mol. The Morgan fingerprint density at radius 2 is 2.31 bits per heavy atom. The van der Waals surface area contributed by atoms with Gasteiger partial charge in [0.05, 0.1) is 0 Å². The van der Waals surface area contributed by atoms with Crippen molar-refractivity contribution in [1.29, 1.82) is 0 Å². The number of halogens is 1. The molecule has 2 nitrogen and oxygen atoms in total. The maximum absolute atomic E-state index is 11.2. The van der Waals surface area contributed by atoms with E-state index >= 15 is 0 Å². The molecule has 0 spiro atoms. The number of hydrogen-bond donors (Lipinski definition) is 1. The van der Waals surface area contributed by atoms with E-state index in [-0.39, 0.29) is 11.9 Å². The first-order chi connectivity index (χ1) is 6.20. The highest BCUT2D eigenvalue weighted by Crippen LogP contribution is 1.98. The van der Waals surface area contributed by atoms with Gasteiger partial charge in [-0.15, -0.1) is 18.2 Å². The Hall–Kier alpha value is -0.500. The van der Waals surface area contributed by atoms with Crippen molar-refractivity contribution < 1.29 is 4.79 Å². The summed E-state index contributed by atoms with van der Waals surface area (Å²) in [6.45, 7) is 5.59. The molecule has 76 valence electrons. The summed E-state index contributed by atoms with van der Waals surface area (Å²) in [5, 5.41) is 2.89. The number of unbranched alkanes of at least 4 members (excludes halogenated alkanes) is 1. The lowest BCUT2D eigenvalue weighted by Gasteiger charge is -2.10. The highest BCUT2D eigenvalue weighted by molar-refractivity contribution is 6.17. The Morgan fingerprint density at radius 3 is 2.85 bits per heavy atom. The van der Waals surface area contributed by atoms with Gasteiger partial charge >= 0.3 is 0 Å². The minimum absolute atomic E-state index is 0.111. The van der Waals surface area contributed by atoms with E-state index in [2.05, 4.69) is 11.9 Å². The molecule has 0 aliphatic rings. The molecular formula is C10H18ClNO. The van der Waals surface area contributed by atoms with E-state index in [0.29, 0.717) is 12.3 Å². The van der Waals surface area contributed by atoms with Gasteiger partial charge in [0.25, 0.3) is 0 Å². The summed E-state index contributed by atoms with van der Waals surface area (Å²) in [4.78, 5) is 11.2. The zero-order chi connectivity index (χ0) is 10.1. The number of amides is 1. The summed E-state index contributed by atoms with van der Waals surface area (Å²) in [6, 6.07) is 0.195. The standard InChI is InChI=1S/C10H18ClNO/c1-3-6-9(2)12-10(13)7-4-5-8-11/h3,9H,1,4-8H2,2H3,(H,12,13). The Morgan fingerprint density at radius 1 is 1.62 bits per heavy atom. The third kappa shape index (κ3) is 7.85. The second-order valence-electron chi connectivity index (χ2n) is 3.14. The van der Waals surface area contributed by atoms with Crippen molar-refractivity contribution in [2.45, 2.75) is 38.6 Å². The molecule has 0 saturated heterocycles. The van der Waals surface area contributed by atoms with Gasteiger partial charge in [-0.1, -0.05) is 6.08 Å². The Labute approximate surface area is 85.3 Å². The van der Waals surface area contributed by atoms with Crippen LogP contribution < -0.4 is 5.32 Å². The predicted molar refractivity (Wildman–Crippen MR) is 57.0 cm³/mol. The molecule has 0 aliphatic heterocycles. The molecule has 0 aromatic carbocycles. The van der Waals surface area contributed by atoms with Gasteiger partial charge in [-0.2, -0.15) is 0 Å². The Balaban J connectivity index is 3.43. The fraction of sp³-hybridized carbons (Fsp3) is 0.700. The molecule has 1 N–H and O–H groups in total. The molecular weight excluding hydrogens is 186 g/mol. The van der Waals surface area contributed by atoms with E-state index in [4.69, 9.17) is 11.6 Å². The highest BCUT2D eigenvalue weighted by Gasteiger charge is 2.04. The van der Waals surface area contributed by atoms with Crippen molar-refractivity contribution in [3.63, 3.8) is 0 Å². The van der Waals surface area contributed by atoms with Gasteiger partial charge < -0.3 is 5.32 Å². The van der Waals surface area contributed by atoms with Crippen LogP contribution in [-0.4, -0.2) is 17.8 Å². The number of carbonyl (C=O) groups excluding carboxylic acids is 1. The van der Waals surface area contributed by atoms with Gasteiger partial charge in [0, 0.05) is 18.3 Å². The minimum Gasteiger partial charge on any atom is -0.353 e. The topological polar surface area (TPSA) is 29.1 Å². The van der Waals surface area contributed by atoms with Gasteiger partial charge in [-0.3, -0.25) is 4.79 Å². The lowest BCUT2D eigenvalue weighted by atomic mass is 10.2. The first-order valence-electron chi connectivity index (χ1n) is 4.67. The predicted octanol–water partition coefficient (Wildman–Crippen LogP) is 2.48. The number of rotatable bonds is 7. The van der Waals surface area contributed by atoms with E-state index in [1.54, 1.807) is 0 Å². The summed E-state index contributed by atoms with van der Waals surface area (Å²) in [5.74, 6) is 0.745. The first kappa shape index (κ1) is 12.5. The third-order valence-corrected chi connectivity index (χ3v) is 1.98. The minimum atomic E-state index is 0.111. The zero-order valence-corrected chi connectivity index (χ0v) is 8.94. The van der Waals surface area contributed by atoms with E-state index in [1.807, 2.05) is 13.0 Å². The van der Waals surface area contributed by atoms with Gasteiger partial charge in [0.15, 0.2) is 0 Å². The molecule has 0 aromatic rings. The zero-order valence-electron chi connectivity index (χ0n) is 8.18. The molecule has 0 rings (SSSR count). The quantitative estimate of drug-likeness (QED) is 0.385. The van der Waals surface area contributed by atoms with Gasteiger partial charge in [-0.05, 0) is 26.2 Å². The van der Waals surface area contributed by atoms with Crippen molar-refractivity contribution in [2.75, 3.05) is 5.88 Å². The molecule has 13 heavy (non-hydrogen) atoms. The van der Waals surface area contributed by atoms with Crippen molar-refractivity contribution in [2.24, 2.45) is 0 Å². The molecule has 0 saturated carbocycles. The van der Waals surface area contributed by atoms with Crippen LogP contribution in [0.25, 0.3) is 0 Å². The molecule has 3 heteroatoms. The number of nitrogens with one attached hydrogen (secondary N) is 1. The summed E-state index contributed by atoms with van der Waals surface area (Å²) < 4.78 is 0. The summed E-state index contributed by atoms with van der Waals surface area (Å²) in [7, 11) is 0. The second-order valence-corrected chi connectivity index (χ2v) is 3.52. The van der Waals surface area contributed by atoms with Crippen LogP contribution in [0.2, 0.25) is 0 Å². The van der Waals surface area contributed by atoms with Gasteiger partial charge in [-0.25, -0.2) is 0 Å². The van der Waals surface area contributed by atoms with Crippen LogP contribution in [0.5, 0.6) is 0 Å². The lowest BCUT2D eigenvalue weighted by Crippen LogP contribution is -2.31. The average Bonchev–Trinajstić information content (AvgIpc) is 2.05.